The molecule has 2 aromatic rings. The SMILES string of the molecule is CN(C)C(=O)c1cccc(NC(=O)CCCNC(=O)c2ccsc2)c1. The molecule has 2 N–H and O–H groups in total. The normalized spacial score (nSPS) is 10.2. The molecule has 0 atom stereocenters. The number of carbonyl (C=O) groups excluding carboxylic acids is 3. The fourth-order valence-electron chi connectivity index (χ4n) is 2.16. The lowest BCUT2D eigenvalue weighted by atomic mass is 10.1. The molecular weight excluding hydrogens is 338 g/mol. The molecule has 1 aromatic carbocycles. The van der Waals surface area contributed by atoms with Gasteiger partial charge in [-0.15, -0.1) is 0 Å². The Labute approximate surface area is 150 Å². The zero-order valence-electron chi connectivity index (χ0n) is 14.2. The van der Waals surface area contributed by atoms with Gasteiger partial charge in [-0.05, 0) is 36.1 Å². The highest BCUT2D eigenvalue weighted by molar-refractivity contribution is 7.08. The highest BCUT2D eigenvalue weighted by Crippen LogP contribution is 2.12. The Morgan fingerprint density at radius 1 is 1.12 bits per heavy atom. The van der Waals surface area contributed by atoms with E-state index in [1.165, 1.54) is 16.2 Å². The van der Waals surface area contributed by atoms with Crippen molar-refractivity contribution >= 4 is 34.7 Å². The van der Waals surface area contributed by atoms with E-state index in [1.807, 2.05) is 5.38 Å². The molecule has 7 heteroatoms. The smallest absolute Gasteiger partial charge is 0.253 e. The molecule has 0 aliphatic rings. The Hall–Kier alpha value is -2.67. The van der Waals surface area contributed by atoms with Gasteiger partial charge in [-0.2, -0.15) is 11.3 Å². The zero-order valence-corrected chi connectivity index (χ0v) is 15.1. The fraction of sp³-hybridized carbons (Fsp3) is 0.278. The molecule has 0 saturated heterocycles. The minimum Gasteiger partial charge on any atom is -0.352 e. The fourth-order valence-corrected chi connectivity index (χ4v) is 2.79. The summed E-state index contributed by atoms with van der Waals surface area (Å²) in [6.07, 6.45) is 0.827. The molecule has 1 heterocycles. The standard InChI is InChI=1S/C18H21N3O3S/c1-21(2)18(24)13-5-3-6-15(11-13)20-16(22)7-4-9-19-17(23)14-8-10-25-12-14/h3,5-6,8,10-12H,4,7,9H2,1-2H3,(H,19,23)(H,20,22). The highest BCUT2D eigenvalue weighted by Gasteiger charge is 2.10. The molecule has 0 bridgehead atoms. The summed E-state index contributed by atoms with van der Waals surface area (Å²) in [5.41, 5.74) is 1.74. The lowest BCUT2D eigenvalue weighted by molar-refractivity contribution is -0.116. The van der Waals surface area contributed by atoms with Gasteiger partial charge in [0.25, 0.3) is 11.8 Å². The van der Waals surface area contributed by atoms with Crippen LogP contribution in [-0.2, 0) is 4.79 Å². The van der Waals surface area contributed by atoms with Crippen molar-refractivity contribution in [3.8, 4) is 0 Å². The zero-order chi connectivity index (χ0) is 18.2. The quantitative estimate of drug-likeness (QED) is 0.746. The number of benzene rings is 1. The van der Waals surface area contributed by atoms with Crippen molar-refractivity contribution in [2.75, 3.05) is 26.0 Å². The maximum atomic E-state index is 12.0. The predicted octanol–water partition coefficient (Wildman–Crippen LogP) is 2.60. The second-order valence-corrected chi connectivity index (χ2v) is 6.48. The number of hydrogen-bond acceptors (Lipinski definition) is 4. The van der Waals surface area contributed by atoms with Crippen LogP contribution in [0.5, 0.6) is 0 Å². The molecule has 0 saturated carbocycles. The number of rotatable bonds is 7. The summed E-state index contributed by atoms with van der Waals surface area (Å²) in [4.78, 5) is 37.2. The van der Waals surface area contributed by atoms with E-state index in [1.54, 1.807) is 49.8 Å². The first kappa shape index (κ1) is 18.7. The maximum absolute atomic E-state index is 12.0. The lowest BCUT2D eigenvalue weighted by Gasteiger charge is -2.11. The molecule has 25 heavy (non-hydrogen) atoms. The molecule has 2 rings (SSSR count). The van der Waals surface area contributed by atoms with Crippen molar-refractivity contribution in [2.45, 2.75) is 12.8 Å². The number of carbonyl (C=O) groups is 3. The molecule has 1 aromatic heterocycles. The molecule has 6 nitrogen and oxygen atoms in total. The summed E-state index contributed by atoms with van der Waals surface area (Å²) < 4.78 is 0. The van der Waals surface area contributed by atoms with E-state index < -0.39 is 0 Å². The molecular formula is C18H21N3O3S. The summed E-state index contributed by atoms with van der Waals surface area (Å²) in [6.45, 7) is 0.432. The number of hydrogen-bond donors (Lipinski definition) is 2. The van der Waals surface area contributed by atoms with Crippen molar-refractivity contribution in [3.05, 3.63) is 52.2 Å². The molecule has 0 fully saturated rings. The second kappa shape index (κ2) is 8.98. The van der Waals surface area contributed by atoms with Gasteiger partial charge in [-0.25, -0.2) is 0 Å². The van der Waals surface area contributed by atoms with Crippen LogP contribution in [0, 0.1) is 0 Å². The Kier molecular flexibility index (Phi) is 6.71. The molecule has 0 aliphatic carbocycles. The summed E-state index contributed by atoms with van der Waals surface area (Å²) in [5, 5.41) is 9.18. The van der Waals surface area contributed by atoms with E-state index in [0.29, 0.717) is 29.8 Å². The molecule has 3 amide bonds. The summed E-state index contributed by atoms with van der Waals surface area (Å²) in [6, 6.07) is 8.58. The van der Waals surface area contributed by atoms with E-state index in [9.17, 15) is 14.4 Å². The highest BCUT2D eigenvalue weighted by atomic mass is 32.1. The van der Waals surface area contributed by atoms with Gasteiger partial charge in [-0.3, -0.25) is 14.4 Å². The van der Waals surface area contributed by atoms with Crippen LogP contribution in [0.3, 0.4) is 0 Å². The van der Waals surface area contributed by atoms with Crippen LogP contribution in [0.4, 0.5) is 5.69 Å². The summed E-state index contributed by atoms with van der Waals surface area (Å²) in [7, 11) is 3.36. The number of nitrogens with one attached hydrogen (secondary N) is 2. The van der Waals surface area contributed by atoms with Crippen molar-refractivity contribution < 1.29 is 14.4 Å². The topological polar surface area (TPSA) is 78.5 Å². The van der Waals surface area contributed by atoms with Gasteiger partial charge in [-0.1, -0.05) is 6.07 Å². The van der Waals surface area contributed by atoms with Gasteiger partial charge in [0.2, 0.25) is 5.91 Å². The predicted molar refractivity (Wildman–Crippen MR) is 99.0 cm³/mol. The minimum absolute atomic E-state index is 0.118. The Morgan fingerprint density at radius 3 is 2.60 bits per heavy atom. The first-order valence-electron chi connectivity index (χ1n) is 7.89. The van der Waals surface area contributed by atoms with Gasteiger partial charge in [0, 0.05) is 49.3 Å². The average molecular weight is 359 g/mol. The average Bonchev–Trinajstić information content (AvgIpc) is 3.12. The summed E-state index contributed by atoms with van der Waals surface area (Å²) in [5.74, 6) is -0.400. The Morgan fingerprint density at radius 2 is 1.92 bits per heavy atom. The number of anilines is 1. The largest absolute Gasteiger partial charge is 0.352 e. The van der Waals surface area contributed by atoms with Crippen LogP contribution in [0.2, 0.25) is 0 Å². The molecule has 132 valence electrons. The van der Waals surface area contributed by atoms with E-state index in [4.69, 9.17) is 0 Å². The van der Waals surface area contributed by atoms with Crippen molar-refractivity contribution in [3.63, 3.8) is 0 Å². The third-order valence-electron chi connectivity index (χ3n) is 3.45. The lowest BCUT2D eigenvalue weighted by Crippen LogP contribution is -2.25. The number of nitrogens with zero attached hydrogens (tertiary/aromatic N) is 1. The van der Waals surface area contributed by atoms with E-state index in [0.717, 1.165) is 0 Å². The molecule has 0 radical (unpaired) electrons. The van der Waals surface area contributed by atoms with Crippen LogP contribution >= 0.6 is 11.3 Å². The maximum Gasteiger partial charge on any atom is 0.253 e. The van der Waals surface area contributed by atoms with E-state index in [2.05, 4.69) is 10.6 Å². The number of amides is 3. The van der Waals surface area contributed by atoms with Gasteiger partial charge < -0.3 is 15.5 Å². The summed E-state index contributed by atoms with van der Waals surface area (Å²) >= 11 is 1.47. The molecule has 0 spiro atoms. The van der Waals surface area contributed by atoms with Gasteiger partial charge in [0.1, 0.15) is 0 Å². The van der Waals surface area contributed by atoms with Crippen molar-refractivity contribution in [1.82, 2.24) is 10.2 Å². The second-order valence-electron chi connectivity index (χ2n) is 5.70. The van der Waals surface area contributed by atoms with Gasteiger partial charge in [0.15, 0.2) is 0 Å². The van der Waals surface area contributed by atoms with Crippen LogP contribution in [0.1, 0.15) is 33.6 Å². The Balaban J connectivity index is 1.76. The molecule has 0 aliphatic heterocycles. The van der Waals surface area contributed by atoms with Gasteiger partial charge in [0.05, 0.1) is 0 Å². The third kappa shape index (κ3) is 5.72. The van der Waals surface area contributed by atoms with Crippen LogP contribution < -0.4 is 10.6 Å². The van der Waals surface area contributed by atoms with Crippen molar-refractivity contribution in [1.29, 1.82) is 0 Å². The van der Waals surface area contributed by atoms with E-state index in [-0.39, 0.29) is 24.1 Å². The van der Waals surface area contributed by atoms with Crippen molar-refractivity contribution in [2.24, 2.45) is 0 Å². The Bertz CT molecular complexity index is 742. The first-order valence-corrected chi connectivity index (χ1v) is 8.83. The third-order valence-corrected chi connectivity index (χ3v) is 4.13. The van der Waals surface area contributed by atoms with Gasteiger partial charge >= 0.3 is 0 Å². The number of thiophene rings is 1. The van der Waals surface area contributed by atoms with Crippen LogP contribution in [-0.4, -0.2) is 43.3 Å². The first-order chi connectivity index (χ1) is 12.0. The molecule has 0 unspecified atom stereocenters. The van der Waals surface area contributed by atoms with Crippen LogP contribution in [0.15, 0.2) is 41.1 Å². The minimum atomic E-state index is -0.153. The van der Waals surface area contributed by atoms with Crippen LogP contribution in [0.25, 0.3) is 0 Å². The van der Waals surface area contributed by atoms with E-state index >= 15 is 0 Å². The monoisotopic (exact) mass is 359 g/mol.